The van der Waals surface area contributed by atoms with Crippen molar-refractivity contribution in [2.45, 2.75) is 19.4 Å². The van der Waals surface area contributed by atoms with Crippen molar-refractivity contribution in [1.82, 2.24) is 9.78 Å². The van der Waals surface area contributed by atoms with E-state index < -0.39 is 16.9 Å². The van der Waals surface area contributed by atoms with Crippen LogP contribution >= 0.6 is 11.6 Å². The Morgan fingerprint density at radius 2 is 2.03 bits per heavy atom. The number of non-ortho nitro benzene ring substituents is 1. The number of aromatic nitrogens is 2. The summed E-state index contributed by atoms with van der Waals surface area (Å²) >= 11 is 5.93. The fourth-order valence-corrected chi connectivity index (χ4v) is 3.42. The zero-order valence-electron chi connectivity index (χ0n) is 15.8. The molecule has 0 fully saturated rings. The number of fused-ring (bicyclic) bond motifs is 1. The number of nitro benzene ring substituents is 1. The summed E-state index contributed by atoms with van der Waals surface area (Å²) in [6, 6.07) is 10.5. The van der Waals surface area contributed by atoms with Crippen molar-refractivity contribution in [1.29, 1.82) is 0 Å². The third kappa shape index (κ3) is 3.62. The van der Waals surface area contributed by atoms with Gasteiger partial charge >= 0.3 is 0 Å². The van der Waals surface area contributed by atoms with Crippen LogP contribution in [0.1, 0.15) is 18.0 Å². The molecular formula is C20H16ClN5O4. The van der Waals surface area contributed by atoms with Gasteiger partial charge in [-0.3, -0.25) is 19.7 Å². The molecule has 0 bridgehead atoms. The summed E-state index contributed by atoms with van der Waals surface area (Å²) in [5.74, 6) is -0.291. The van der Waals surface area contributed by atoms with Crippen molar-refractivity contribution in [3.8, 4) is 11.1 Å². The quantitative estimate of drug-likeness (QED) is 0.474. The average Bonchev–Trinajstić information content (AvgIpc) is 3.23. The number of hydrogen-bond acceptors (Lipinski definition) is 5. The largest absolute Gasteiger partial charge is 0.326 e. The highest BCUT2D eigenvalue weighted by atomic mass is 35.5. The summed E-state index contributed by atoms with van der Waals surface area (Å²) in [6.07, 6.45) is 1.45. The monoisotopic (exact) mass is 425 g/mol. The standard InChI is InChI=1S/C20H16ClN5O4/c1-11-2-7-14(26(29)30)8-16(11)23-18(27)9-17-20(28)24-19-15(10-22-25(17)19)12-3-5-13(21)6-4-12/h2-8,10,17H,9H2,1H3,(H,23,27)(H,24,28). The Morgan fingerprint density at radius 3 is 2.73 bits per heavy atom. The third-order valence-corrected chi connectivity index (χ3v) is 5.13. The van der Waals surface area contributed by atoms with Gasteiger partial charge in [0.2, 0.25) is 5.91 Å². The van der Waals surface area contributed by atoms with Gasteiger partial charge in [-0.05, 0) is 30.2 Å². The molecule has 4 rings (SSSR count). The number of carbonyl (C=O) groups is 2. The molecule has 2 N–H and O–H groups in total. The molecule has 9 nitrogen and oxygen atoms in total. The van der Waals surface area contributed by atoms with E-state index in [-0.39, 0.29) is 18.0 Å². The molecule has 2 amide bonds. The fraction of sp³-hybridized carbons (Fsp3) is 0.150. The zero-order chi connectivity index (χ0) is 21.4. The molecule has 0 saturated heterocycles. The second-order valence-corrected chi connectivity index (χ2v) is 7.31. The van der Waals surface area contributed by atoms with Crippen molar-refractivity contribution >= 4 is 40.6 Å². The Morgan fingerprint density at radius 1 is 1.30 bits per heavy atom. The van der Waals surface area contributed by atoms with Crippen molar-refractivity contribution < 1.29 is 14.5 Å². The molecule has 1 aliphatic rings. The molecule has 0 spiro atoms. The number of aryl methyl sites for hydroxylation is 1. The molecule has 0 radical (unpaired) electrons. The van der Waals surface area contributed by atoms with Gasteiger partial charge in [0, 0.05) is 22.7 Å². The lowest BCUT2D eigenvalue weighted by Gasteiger charge is -2.11. The predicted molar refractivity (Wildman–Crippen MR) is 111 cm³/mol. The Bertz CT molecular complexity index is 1170. The molecule has 3 aromatic rings. The number of nitrogens with one attached hydrogen (secondary N) is 2. The van der Waals surface area contributed by atoms with Gasteiger partial charge < -0.3 is 10.6 Å². The average molecular weight is 426 g/mol. The van der Waals surface area contributed by atoms with Gasteiger partial charge in [-0.15, -0.1) is 0 Å². The molecule has 0 aliphatic carbocycles. The van der Waals surface area contributed by atoms with E-state index >= 15 is 0 Å². The fourth-order valence-electron chi connectivity index (χ4n) is 3.29. The molecule has 152 valence electrons. The van der Waals surface area contributed by atoms with E-state index in [0.29, 0.717) is 22.1 Å². The molecule has 30 heavy (non-hydrogen) atoms. The third-order valence-electron chi connectivity index (χ3n) is 4.87. The Hall–Kier alpha value is -3.72. The first kappa shape index (κ1) is 19.6. The minimum Gasteiger partial charge on any atom is -0.326 e. The van der Waals surface area contributed by atoms with E-state index in [4.69, 9.17) is 11.6 Å². The highest BCUT2D eigenvalue weighted by molar-refractivity contribution is 6.30. The zero-order valence-corrected chi connectivity index (χ0v) is 16.5. The van der Waals surface area contributed by atoms with E-state index in [1.165, 1.54) is 16.8 Å². The van der Waals surface area contributed by atoms with Crippen LogP contribution in [0.3, 0.4) is 0 Å². The molecule has 10 heteroatoms. The summed E-state index contributed by atoms with van der Waals surface area (Å²) in [7, 11) is 0. The molecule has 2 aromatic carbocycles. The van der Waals surface area contributed by atoms with Crippen LogP contribution in [-0.2, 0) is 9.59 Å². The van der Waals surface area contributed by atoms with Gasteiger partial charge in [0.25, 0.3) is 11.6 Å². The lowest BCUT2D eigenvalue weighted by Crippen LogP contribution is -2.23. The number of hydrogen-bond donors (Lipinski definition) is 2. The summed E-state index contributed by atoms with van der Waals surface area (Å²) in [6.45, 7) is 1.73. The smallest absolute Gasteiger partial charge is 0.271 e. The van der Waals surface area contributed by atoms with E-state index in [2.05, 4.69) is 15.7 Å². The second kappa shape index (κ2) is 7.60. The first-order chi connectivity index (χ1) is 14.3. The highest BCUT2D eigenvalue weighted by Crippen LogP contribution is 2.36. The maximum absolute atomic E-state index is 12.6. The molecule has 1 unspecified atom stereocenters. The van der Waals surface area contributed by atoms with Gasteiger partial charge in [0.05, 0.1) is 23.2 Å². The number of carbonyl (C=O) groups excluding carboxylic acids is 2. The van der Waals surface area contributed by atoms with Crippen molar-refractivity contribution in [3.63, 3.8) is 0 Å². The van der Waals surface area contributed by atoms with Gasteiger partial charge in [-0.25, -0.2) is 4.68 Å². The van der Waals surface area contributed by atoms with Gasteiger partial charge in [0.15, 0.2) is 0 Å². The Labute approximate surface area is 175 Å². The molecule has 1 aliphatic heterocycles. The first-order valence-corrected chi connectivity index (χ1v) is 9.40. The van der Waals surface area contributed by atoms with Crippen molar-refractivity contribution in [2.75, 3.05) is 10.6 Å². The summed E-state index contributed by atoms with van der Waals surface area (Å²) in [4.78, 5) is 35.5. The minimum absolute atomic E-state index is 0.128. The van der Waals surface area contributed by atoms with E-state index in [0.717, 1.165) is 11.1 Å². The Balaban J connectivity index is 1.54. The Kier molecular flexibility index (Phi) is 4.96. The van der Waals surface area contributed by atoms with Crippen LogP contribution in [0.15, 0.2) is 48.7 Å². The number of amides is 2. The summed E-state index contributed by atoms with van der Waals surface area (Å²) in [5.41, 5.74) is 2.43. The van der Waals surface area contributed by atoms with Crippen LogP contribution in [0.4, 0.5) is 17.2 Å². The predicted octanol–water partition coefficient (Wildman–Crippen LogP) is 3.94. The first-order valence-electron chi connectivity index (χ1n) is 9.02. The van der Waals surface area contributed by atoms with Crippen molar-refractivity contribution in [2.24, 2.45) is 0 Å². The van der Waals surface area contributed by atoms with Gasteiger partial charge in [0.1, 0.15) is 11.9 Å². The minimum atomic E-state index is -0.819. The van der Waals surface area contributed by atoms with E-state index in [1.54, 1.807) is 31.3 Å². The highest BCUT2D eigenvalue weighted by Gasteiger charge is 2.35. The van der Waals surface area contributed by atoms with Crippen molar-refractivity contribution in [3.05, 3.63) is 69.4 Å². The number of nitro groups is 1. The van der Waals surface area contributed by atoms with Crippen LogP contribution in [-0.4, -0.2) is 26.5 Å². The SMILES string of the molecule is Cc1ccc([N+](=O)[O-])cc1NC(=O)CC1C(=O)Nc2c(-c3ccc(Cl)cc3)cnn21. The summed E-state index contributed by atoms with van der Waals surface area (Å²) < 4.78 is 1.48. The van der Waals surface area contributed by atoms with Crippen LogP contribution in [0, 0.1) is 17.0 Å². The lowest BCUT2D eigenvalue weighted by atomic mass is 10.1. The van der Waals surface area contributed by atoms with Crippen LogP contribution in [0.2, 0.25) is 5.02 Å². The number of rotatable bonds is 5. The normalized spacial score (nSPS) is 14.9. The lowest BCUT2D eigenvalue weighted by molar-refractivity contribution is -0.384. The number of halogens is 1. The molecular weight excluding hydrogens is 410 g/mol. The molecule has 2 heterocycles. The van der Waals surface area contributed by atoms with Crippen LogP contribution in [0.5, 0.6) is 0 Å². The molecule has 1 aromatic heterocycles. The van der Waals surface area contributed by atoms with Gasteiger partial charge in [-0.1, -0.05) is 29.8 Å². The molecule has 1 atom stereocenters. The maximum atomic E-state index is 12.6. The second-order valence-electron chi connectivity index (χ2n) is 6.87. The van der Waals surface area contributed by atoms with Crippen LogP contribution < -0.4 is 10.6 Å². The van der Waals surface area contributed by atoms with Gasteiger partial charge in [-0.2, -0.15) is 5.10 Å². The number of nitrogens with zero attached hydrogens (tertiary/aromatic N) is 3. The number of anilines is 2. The van der Waals surface area contributed by atoms with E-state index in [9.17, 15) is 19.7 Å². The summed E-state index contributed by atoms with van der Waals surface area (Å²) in [5, 5.41) is 21.3. The maximum Gasteiger partial charge on any atom is 0.271 e. The number of benzene rings is 2. The topological polar surface area (TPSA) is 119 Å². The molecule has 0 saturated carbocycles. The van der Waals surface area contributed by atoms with Crippen LogP contribution in [0.25, 0.3) is 11.1 Å². The van der Waals surface area contributed by atoms with E-state index in [1.807, 2.05) is 12.1 Å².